The molecular weight excluding hydrogens is 606 g/mol. The molecule has 16 heteroatoms. The van der Waals surface area contributed by atoms with Gasteiger partial charge in [0.05, 0.1) is 24.7 Å². The fourth-order valence-corrected chi connectivity index (χ4v) is 5.15. The summed E-state index contributed by atoms with van der Waals surface area (Å²) in [5, 5.41) is 36.6. The predicted molar refractivity (Wildman–Crippen MR) is 138 cm³/mol. The van der Waals surface area contributed by atoms with Gasteiger partial charge in [-0.05, 0) is 59.4 Å². The number of aromatic hydroxyl groups is 2. The molecule has 0 saturated heterocycles. The van der Waals surface area contributed by atoms with Crippen LogP contribution in [0.25, 0.3) is 0 Å². The van der Waals surface area contributed by atoms with Crippen molar-refractivity contribution >= 4 is 23.8 Å². The number of rotatable bonds is 6. The van der Waals surface area contributed by atoms with Crippen molar-refractivity contribution in [3.8, 4) is 11.5 Å². The summed E-state index contributed by atoms with van der Waals surface area (Å²) in [6.45, 7) is -3.51. The molecule has 0 fully saturated rings. The first-order valence-corrected chi connectivity index (χ1v) is 13.1. The third kappa shape index (κ3) is 9.77. The first kappa shape index (κ1) is 34.0. The van der Waals surface area contributed by atoms with E-state index in [4.69, 9.17) is 10.2 Å². The Morgan fingerprint density at radius 3 is 1.30 bits per heavy atom. The maximum Gasteiger partial charge on any atom is 0.406 e. The number of halogens is 6. The molecule has 4 rings (SSSR count). The minimum absolute atomic E-state index is 0.0368. The fraction of sp³-hybridized carbons (Fsp3) is 0.429. The summed E-state index contributed by atoms with van der Waals surface area (Å²) in [6, 6.07) is 8.33. The second-order valence-electron chi connectivity index (χ2n) is 10.5. The van der Waals surface area contributed by atoms with E-state index in [0.717, 1.165) is 0 Å². The van der Waals surface area contributed by atoms with E-state index >= 15 is 0 Å². The van der Waals surface area contributed by atoms with Crippen molar-refractivity contribution in [2.45, 2.75) is 51.1 Å². The standard InChI is InChI=1S/2C14H14F3NO4/c2*15-14(16,17)7-18-6-10-4-11(19)2-1-8(10)3-9(13(18)22)5-12(20)21/h2*1-2,4,9,19H,3,5-7H2,(H,20,21)/t2*9-/m10/s1. The molecule has 0 saturated carbocycles. The van der Waals surface area contributed by atoms with Crippen LogP contribution in [0.2, 0.25) is 0 Å². The first-order chi connectivity index (χ1) is 20.3. The molecule has 0 aliphatic carbocycles. The van der Waals surface area contributed by atoms with Gasteiger partial charge in [0, 0.05) is 13.1 Å². The predicted octanol–water partition coefficient (Wildman–Crippen LogP) is 3.86. The Hall–Kier alpha value is -4.50. The van der Waals surface area contributed by atoms with E-state index in [0.29, 0.717) is 32.1 Å². The number of benzene rings is 2. The van der Waals surface area contributed by atoms with Crippen LogP contribution in [-0.4, -0.2) is 79.4 Å². The number of hydrogen-bond donors (Lipinski definition) is 4. The maximum atomic E-state index is 12.6. The molecule has 0 unspecified atom stereocenters. The fourth-order valence-electron chi connectivity index (χ4n) is 5.15. The third-order valence-electron chi connectivity index (χ3n) is 6.94. The van der Waals surface area contributed by atoms with Crippen LogP contribution in [0.5, 0.6) is 11.5 Å². The van der Waals surface area contributed by atoms with E-state index in [-0.39, 0.29) is 37.4 Å². The zero-order chi connectivity index (χ0) is 33.0. The highest BCUT2D eigenvalue weighted by Gasteiger charge is 2.39. The molecule has 2 heterocycles. The SMILES string of the molecule is O=C(O)C[C@@H]1Cc2ccc(O)cc2CN(CC(F)(F)F)C1=O.O=C(O)C[C@H]1Cc2ccc(O)cc2CN(CC(F)(F)F)C1=O. The Balaban J connectivity index is 0.000000240. The van der Waals surface area contributed by atoms with Gasteiger partial charge in [0.15, 0.2) is 0 Å². The Kier molecular flexibility index (Phi) is 10.4. The highest BCUT2D eigenvalue weighted by molar-refractivity contribution is 5.85. The van der Waals surface area contributed by atoms with Gasteiger partial charge in [-0.3, -0.25) is 19.2 Å². The van der Waals surface area contributed by atoms with E-state index in [1.807, 2.05) is 0 Å². The van der Waals surface area contributed by atoms with Crippen LogP contribution in [0.15, 0.2) is 36.4 Å². The molecule has 0 radical (unpaired) electrons. The average Bonchev–Trinajstić information content (AvgIpc) is 3.06. The van der Waals surface area contributed by atoms with Crippen LogP contribution >= 0.6 is 0 Å². The number of hydrogen-bond acceptors (Lipinski definition) is 6. The zero-order valence-corrected chi connectivity index (χ0v) is 22.9. The second kappa shape index (κ2) is 13.4. The Bertz CT molecular complexity index is 1310. The molecule has 2 amide bonds. The van der Waals surface area contributed by atoms with E-state index in [1.54, 1.807) is 0 Å². The molecule has 240 valence electrons. The summed E-state index contributed by atoms with van der Waals surface area (Å²) in [5.74, 6) is -6.49. The van der Waals surface area contributed by atoms with Gasteiger partial charge in [-0.25, -0.2) is 0 Å². The Labute approximate surface area is 246 Å². The number of aliphatic carboxylic acids is 2. The number of alkyl halides is 6. The molecule has 10 nitrogen and oxygen atoms in total. The van der Waals surface area contributed by atoms with E-state index in [1.165, 1.54) is 36.4 Å². The monoisotopic (exact) mass is 634 g/mol. The lowest BCUT2D eigenvalue weighted by Gasteiger charge is -2.25. The average molecular weight is 635 g/mol. The van der Waals surface area contributed by atoms with Crippen LogP contribution in [0.3, 0.4) is 0 Å². The number of carbonyl (C=O) groups is 4. The smallest absolute Gasteiger partial charge is 0.406 e. The van der Waals surface area contributed by atoms with E-state index in [9.17, 15) is 55.7 Å². The lowest BCUT2D eigenvalue weighted by atomic mass is 9.94. The van der Waals surface area contributed by atoms with Gasteiger partial charge in [0.2, 0.25) is 11.8 Å². The summed E-state index contributed by atoms with van der Waals surface area (Å²) < 4.78 is 75.8. The van der Waals surface area contributed by atoms with Gasteiger partial charge in [-0.1, -0.05) is 12.1 Å². The molecule has 2 atom stereocenters. The molecule has 2 aliphatic rings. The van der Waals surface area contributed by atoms with Crippen molar-refractivity contribution in [1.82, 2.24) is 9.80 Å². The van der Waals surface area contributed by atoms with Gasteiger partial charge in [-0.2, -0.15) is 26.3 Å². The minimum Gasteiger partial charge on any atom is -0.508 e. The highest BCUT2D eigenvalue weighted by Crippen LogP contribution is 2.31. The molecular formula is C28H28F6N2O8. The van der Waals surface area contributed by atoms with Crippen LogP contribution in [0.1, 0.15) is 35.1 Å². The van der Waals surface area contributed by atoms with Gasteiger partial charge in [0.1, 0.15) is 24.6 Å². The van der Waals surface area contributed by atoms with E-state index in [2.05, 4.69) is 0 Å². The number of carboxylic acids is 2. The van der Waals surface area contributed by atoms with Gasteiger partial charge >= 0.3 is 24.3 Å². The van der Waals surface area contributed by atoms with Crippen LogP contribution in [0, 0.1) is 11.8 Å². The highest BCUT2D eigenvalue weighted by atomic mass is 19.4. The van der Waals surface area contributed by atoms with Gasteiger partial charge < -0.3 is 30.2 Å². The topological polar surface area (TPSA) is 156 Å². The van der Waals surface area contributed by atoms with Crippen molar-refractivity contribution in [2.24, 2.45) is 11.8 Å². The summed E-state index contributed by atoms with van der Waals surface area (Å²) >= 11 is 0. The molecule has 2 aromatic carbocycles. The number of phenols is 2. The number of carbonyl (C=O) groups excluding carboxylic acids is 2. The van der Waals surface area contributed by atoms with Crippen molar-refractivity contribution in [1.29, 1.82) is 0 Å². The van der Waals surface area contributed by atoms with Crippen molar-refractivity contribution in [2.75, 3.05) is 13.1 Å². The lowest BCUT2D eigenvalue weighted by molar-refractivity contribution is -0.165. The Morgan fingerprint density at radius 2 is 1.00 bits per heavy atom. The second-order valence-corrected chi connectivity index (χ2v) is 10.5. The summed E-state index contributed by atoms with van der Waals surface area (Å²) in [4.78, 5) is 47.3. The van der Waals surface area contributed by atoms with Gasteiger partial charge in [-0.15, -0.1) is 0 Å². The number of carboxylic acid groups (broad SMARTS) is 2. The van der Waals surface area contributed by atoms with Gasteiger partial charge in [0.25, 0.3) is 0 Å². The largest absolute Gasteiger partial charge is 0.508 e. The van der Waals surface area contributed by atoms with Crippen molar-refractivity contribution in [3.05, 3.63) is 58.7 Å². The number of nitrogens with zero attached hydrogens (tertiary/aromatic N) is 2. The molecule has 2 aromatic rings. The summed E-state index contributed by atoms with van der Waals surface area (Å²) in [6.07, 6.45) is -10.2. The molecule has 0 aromatic heterocycles. The lowest BCUT2D eigenvalue weighted by Crippen LogP contribution is -2.41. The quantitative estimate of drug-likeness (QED) is 0.349. The van der Waals surface area contributed by atoms with Crippen molar-refractivity contribution in [3.63, 3.8) is 0 Å². The molecule has 4 N–H and O–H groups in total. The molecule has 0 bridgehead atoms. The molecule has 44 heavy (non-hydrogen) atoms. The number of phenolic OH excluding ortho intramolecular Hbond substituents is 2. The zero-order valence-electron chi connectivity index (χ0n) is 22.9. The normalized spacial score (nSPS) is 18.8. The van der Waals surface area contributed by atoms with Crippen LogP contribution < -0.4 is 0 Å². The first-order valence-electron chi connectivity index (χ1n) is 13.1. The van der Waals surface area contributed by atoms with E-state index < -0.39 is 73.9 Å². The van der Waals surface area contributed by atoms with Crippen molar-refractivity contribution < 1.29 is 65.9 Å². The van der Waals surface area contributed by atoms with Crippen LogP contribution in [-0.2, 0) is 45.1 Å². The maximum absolute atomic E-state index is 12.6. The molecule has 0 spiro atoms. The third-order valence-corrected chi connectivity index (χ3v) is 6.94. The van der Waals surface area contributed by atoms with Crippen LogP contribution in [0.4, 0.5) is 26.3 Å². The minimum atomic E-state index is -4.58. The molecule has 2 aliphatic heterocycles. The summed E-state index contributed by atoms with van der Waals surface area (Å²) in [5.41, 5.74) is 1.93. The number of amides is 2. The summed E-state index contributed by atoms with van der Waals surface area (Å²) in [7, 11) is 0. The Morgan fingerprint density at radius 1 is 0.659 bits per heavy atom. The number of fused-ring (bicyclic) bond motifs is 2.